The highest BCUT2D eigenvalue weighted by molar-refractivity contribution is 6.32. The van der Waals surface area contributed by atoms with Gasteiger partial charge in [-0.1, -0.05) is 31.5 Å². The van der Waals surface area contributed by atoms with Crippen LogP contribution in [0.3, 0.4) is 0 Å². The molecule has 0 radical (unpaired) electrons. The quantitative estimate of drug-likeness (QED) is 0.802. The second-order valence-electron chi connectivity index (χ2n) is 6.93. The van der Waals surface area contributed by atoms with Crippen molar-refractivity contribution in [2.75, 3.05) is 7.11 Å². The Morgan fingerprint density at radius 2 is 2.08 bits per heavy atom. The summed E-state index contributed by atoms with van der Waals surface area (Å²) in [4.78, 5) is 11.1. The van der Waals surface area contributed by atoms with E-state index in [0.29, 0.717) is 33.9 Å². The minimum atomic E-state index is -1.11. The number of carbonyl (C=O) groups is 1. The monoisotopic (exact) mass is 363 g/mol. The van der Waals surface area contributed by atoms with Crippen LogP contribution in [0.15, 0.2) is 30.3 Å². The van der Waals surface area contributed by atoms with Crippen molar-refractivity contribution in [1.82, 2.24) is 5.32 Å². The fourth-order valence-electron chi connectivity index (χ4n) is 3.52. The molecular weight excluding hydrogens is 345 g/mol. The number of halogens is 2. The van der Waals surface area contributed by atoms with E-state index >= 15 is 0 Å². The van der Waals surface area contributed by atoms with Crippen LogP contribution in [0.5, 0.6) is 5.75 Å². The third kappa shape index (κ3) is 3.16. The van der Waals surface area contributed by atoms with Gasteiger partial charge in [-0.05, 0) is 52.8 Å². The molecule has 1 aliphatic rings. The number of methoxy groups -OCH3 is 1. The largest absolute Gasteiger partial charge is 0.495 e. The molecule has 25 heavy (non-hydrogen) atoms. The van der Waals surface area contributed by atoms with Gasteiger partial charge >= 0.3 is 6.09 Å². The van der Waals surface area contributed by atoms with Gasteiger partial charge in [-0.3, -0.25) is 0 Å². The summed E-state index contributed by atoms with van der Waals surface area (Å²) in [5, 5.41) is 12.0. The predicted octanol–water partition coefficient (Wildman–Crippen LogP) is 5.05. The van der Waals surface area contributed by atoms with E-state index in [1.165, 1.54) is 13.2 Å². The molecule has 1 aliphatic carbocycles. The standard InChI is InChI=1S/C19H19ClFNO3/c1-19(2)9-11-6-12(10-4-5-16(25-3)14(20)7-10)15(21)8-13(11)17(19)22-18(23)24/h4-8,17,22H,9H2,1-3H3,(H,23,24)/t17-/m0/s1. The minimum absolute atomic E-state index is 0.330. The molecule has 0 fully saturated rings. The zero-order chi connectivity index (χ0) is 18.4. The van der Waals surface area contributed by atoms with Gasteiger partial charge in [-0.15, -0.1) is 0 Å². The van der Waals surface area contributed by atoms with Crippen molar-refractivity contribution in [3.8, 4) is 16.9 Å². The molecule has 0 aromatic heterocycles. The molecule has 1 amide bonds. The van der Waals surface area contributed by atoms with Crippen LogP contribution in [0, 0.1) is 11.2 Å². The Morgan fingerprint density at radius 1 is 1.36 bits per heavy atom. The first-order chi connectivity index (χ1) is 11.7. The Hall–Kier alpha value is -2.27. The number of ether oxygens (including phenoxy) is 1. The van der Waals surface area contributed by atoms with Gasteiger partial charge in [0.05, 0.1) is 18.2 Å². The maximum atomic E-state index is 14.8. The molecule has 0 heterocycles. The van der Waals surface area contributed by atoms with Gasteiger partial charge in [0.25, 0.3) is 0 Å². The lowest BCUT2D eigenvalue weighted by atomic mass is 9.85. The Morgan fingerprint density at radius 3 is 2.68 bits per heavy atom. The van der Waals surface area contributed by atoms with Gasteiger partial charge in [0.1, 0.15) is 11.6 Å². The molecule has 0 saturated heterocycles. The summed E-state index contributed by atoms with van der Waals surface area (Å²) in [6.07, 6.45) is -0.456. The summed E-state index contributed by atoms with van der Waals surface area (Å²) in [7, 11) is 1.52. The Balaban J connectivity index is 2.07. The van der Waals surface area contributed by atoms with Crippen LogP contribution in [0.25, 0.3) is 11.1 Å². The second kappa shape index (κ2) is 6.23. The highest BCUT2D eigenvalue weighted by atomic mass is 35.5. The molecule has 4 nitrogen and oxygen atoms in total. The van der Waals surface area contributed by atoms with Crippen LogP contribution in [-0.4, -0.2) is 18.3 Å². The van der Waals surface area contributed by atoms with Gasteiger partial charge in [-0.25, -0.2) is 9.18 Å². The van der Waals surface area contributed by atoms with Crippen molar-refractivity contribution < 1.29 is 19.0 Å². The van der Waals surface area contributed by atoms with E-state index in [-0.39, 0.29) is 5.41 Å². The van der Waals surface area contributed by atoms with Crippen LogP contribution < -0.4 is 10.1 Å². The van der Waals surface area contributed by atoms with Crippen molar-refractivity contribution in [1.29, 1.82) is 0 Å². The summed E-state index contributed by atoms with van der Waals surface area (Å²) in [5.74, 6) is 0.119. The van der Waals surface area contributed by atoms with E-state index < -0.39 is 18.0 Å². The maximum absolute atomic E-state index is 14.8. The number of benzene rings is 2. The van der Waals surface area contributed by atoms with E-state index in [9.17, 15) is 9.18 Å². The van der Waals surface area contributed by atoms with Gasteiger partial charge in [0.15, 0.2) is 0 Å². The molecule has 0 spiro atoms. The Labute approximate surface area is 150 Å². The topological polar surface area (TPSA) is 58.6 Å². The second-order valence-corrected chi connectivity index (χ2v) is 7.34. The average Bonchev–Trinajstić information content (AvgIpc) is 2.76. The van der Waals surface area contributed by atoms with Crippen LogP contribution in [0.1, 0.15) is 31.0 Å². The van der Waals surface area contributed by atoms with E-state index in [0.717, 1.165) is 5.56 Å². The van der Waals surface area contributed by atoms with Crippen molar-refractivity contribution in [2.45, 2.75) is 26.3 Å². The third-order valence-corrected chi connectivity index (χ3v) is 4.99. The highest BCUT2D eigenvalue weighted by Crippen LogP contribution is 2.47. The van der Waals surface area contributed by atoms with Crippen LogP contribution in [-0.2, 0) is 6.42 Å². The van der Waals surface area contributed by atoms with Gasteiger partial charge in [0, 0.05) is 5.56 Å². The Kier molecular flexibility index (Phi) is 4.37. The smallest absolute Gasteiger partial charge is 0.405 e. The Bertz CT molecular complexity index is 851. The lowest BCUT2D eigenvalue weighted by Gasteiger charge is -2.27. The number of fused-ring (bicyclic) bond motifs is 1. The fourth-order valence-corrected chi connectivity index (χ4v) is 3.78. The molecule has 3 rings (SSSR count). The lowest BCUT2D eigenvalue weighted by Crippen LogP contribution is -2.34. The third-order valence-electron chi connectivity index (χ3n) is 4.70. The number of rotatable bonds is 3. The molecule has 0 bridgehead atoms. The molecule has 2 aromatic carbocycles. The van der Waals surface area contributed by atoms with E-state index in [4.69, 9.17) is 21.4 Å². The molecule has 132 valence electrons. The summed E-state index contributed by atoms with van der Waals surface area (Å²) >= 11 is 6.15. The molecule has 2 N–H and O–H groups in total. The van der Waals surface area contributed by atoms with Gasteiger partial charge in [-0.2, -0.15) is 0 Å². The summed E-state index contributed by atoms with van der Waals surface area (Å²) in [6.45, 7) is 3.94. The van der Waals surface area contributed by atoms with Crippen molar-refractivity contribution in [2.24, 2.45) is 5.41 Å². The zero-order valence-corrected chi connectivity index (χ0v) is 14.9. The van der Waals surface area contributed by atoms with Crippen molar-refractivity contribution in [3.05, 3.63) is 52.3 Å². The van der Waals surface area contributed by atoms with Crippen LogP contribution >= 0.6 is 11.6 Å². The number of carboxylic acid groups (broad SMARTS) is 1. The van der Waals surface area contributed by atoms with E-state index in [1.807, 2.05) is 13.8 Å². The molecular formula is C19H19ClFNO3. The lowest BCUT2D eigenvalue weighted by molar-refractivity contribution is 0.175. The average molecular weight is 364 g/mol. The number of hydrogen-bond donors (Lipinski definition) is 2. The number of amides is 1. The maximum Gasteiger partial charge on any atom is 0.405 e. The van der Waals surface area contributed by atoms with Crippen molar-refractivity contribution >= 4 is 17.7 Å². The first-order valence-electron chi connectivity index (χ1n) is 7.88. The molecule has 0 aliphatic heterocycles. The molecule has 1 atom stereocenters. The predicted molar refractivity (Wildman–Crippen MR) is 94.8 cm³/mol. The van der Waals surface area contributed by atoms with Crippen molar-refractivity contribution in [3.63, 3.8) is 0 Å². The molecule has 2 aromatic rings. The fraction of sp³-hybridized carbons (Fsp3) is 0.316. The molecule has 0 unspecified atom stereocenters. The van der Waals surface area contributed by atoms with Crippen LogP contribution in [0.2, 0.25) is 5.02 Å². The first-order valence-corrected chi connectivity index (χ1v) is 8.26. The first kappa shape index (κ1) is 17.5. The number of nitrogens with one attached hydrogen (secondary N) is 1. The summed E-state index contributed by atoms with van der Waals surface area (Å²) < 4.78 is 19.9. The summed E-state index contributed by atoms with van der Waals surface area (Å²) in [6, 6.07) is 7.89. The normalized spacial score (nSPS) is 17.9. The zero-order valence-electron chi connectivity index (χ0n) is 14.2. The van der Waals surface area contributed by atoms with E-state index in [1.54, 1.807) is 24.3 Å². The van der Waals surface area contributed by atoms with E-state index in [2.05, 4.69) is 5.32 Å². The molecule has 0 saturated carbocycles. The van der Waals surface area contributed by atoms with Gasteiger partial charge < -0.3 is 15.2 Å². The highest BCUT2D eigenvalue weighted by Gasteiger charge is 2.40. The van der Waals surface area contributed by atoms with Crippen LogP contribution in [0.4, 0.5) is 9.18 Å². The SMILES string of the molecule is COc1ccc(-c2cc3c(cc2F)[C@H](NC(=O)O)C(C)(C)C3)cc1Cl. The number of hydrogen-bond acceptors (Lipinski definition) is 2. The summed E-state index contributed by atoms with van der Waals surface area (Å²) in [5.41, 5.74) is 2.39. The minimum Gasteiger partial charge on any atom is -0.495 e. The molecule has 6 heteroatoms. The van der Waals surface area contributed by atoms with Gasteiger partial charge in [0.2, 0.25) is 0 Å².